The molecule has 1 saturated carbocycles. The van der Waals surface area contributed by atoms with Gasteiger partial charge >= 0.3 is 0 Å². The van der Waals surface area contributed by atoms with Gasteiger partial charge in [0, 0.05) is 12.0 Å². The van der Waals surface area contributed by atoms with E-state index in [1.165, 1.54) is 6.42 Å². The van der Waals surface area contributed by atoms with Gasteiger partial charge in [0.05, 0.1) is 0 Å². The monoisotopic (exact) mass is 198 g/mol. The minimum atomic E-state index is -0.292. The van der Waals surface area contributed by atoms with Crippen molar-refractivity contribution in [2.24, 2.45) is 16.6 Å². The third-order valence-corrected chi connectivity index (χ3v) is 3.15. The van der Waals surface area contributed by atoms with Crippen molar-refractivity contribution in [2.75, 3.05) is 13.1 Å². The molecule has 0 aliphatic heterocycles. The van der Waals surface area contributed by atoms with E-state index in [2.05, 4.69) is 5.32 Å². The van der Waals surface area contributed by atoms with Gasteiger partial charge in [0.2, 0.25) is 5.91 Å². The number of hydrogen-bond acceptors (Lipinski definition) is 2. The Morgan fingerprint density at radius 2 is 2.00 bits per heavy atom. The van der Waals surface area contributed by atoms with Crippen molar-refractivity contribution in [3.8, 4) is 0 Å². The summed E-state index contributed by atoms with van der Waals surface area (Å²) in [5.41, 5.74) is 5.63. The van der Waals surface area contributed by atoms with Gasteiger partial charge in [-0.05, 0) is 24.8 Å². The van der Waals surface area contributed by atoms with E-state index < -0.39 is 0 Å². The highest BCUT2D eigenvalue weighted by Crippen LogP contribution is 2.39. The number of carbonyl (C=O) groups excluding carboxylic acids is 1. The summed E-state index contributed by atoms with van der Waals surface area (Å²) in [5.74, 6) is 0.122. The standard InChI is InChI=1S/C11H22N2O/c1-10(2,3)9(14)13-8-11(7-12)5-4-6-11/h4-8,12H2,1-3H3,(H,13,14). The predicted molar refractivity (Wildman–Crippen MR) is 57.8 cm³/mol. The summed E-state index contributed by atoms with van der Waals surface area (Å²) < 4.78 is 0. The Balaban J connectivity index is 2.36. The Bertz CT molecular complexity index is 208. The quantitative estimate of drug-likeness (QED) is 0.717. The molecule has 3 N–H and O–H groups in total. The van der Waals surface area contributed by atoms with Crippen molar-refractivity contribution in [1.29, 1.82) is 0 Å². The molecule has 0 unspecified atom stereocenters. The lowest BCUT2D eigenvalue weighted by Crippen LogP contribution is -2.49. The molecule has 1 fully saturated rings. The van der Waals surface area contributed by atoms with Crippen LogP contribution in [0.4, 0.5) is 0 Å². The summed E-state index contributed by atoms with van der Waals surface area (Å²) >= 11 is 0. The molecular formula is C11H22N2O. The maximum atomic E-state index is 11.6. The van der Waals surface area contributed by atoms with E-state index >= 15 is 0 Å². The molecule has 14 heavy (non-hydrogen) atoms. The maximum Gasteiger partial charge on any atom is 0.225 e. The Morgan fingerprint density at radius 3 is 2.29 bits per heavy atom. The average Bonchev–Trinajstić information content (AvgIpc) is 2.01. The second-order valence-electron chi connectivity index (χ2n) is 5.49. The highest BCUT2D eigenvalue weighted by atomic mass is 16.2. The summed E-state index contributed by atoms with van der Waals surface area (Å²) in [6, 6.07) is 0. The van der Waals surface area contributed by atoms with Gasteiger partial charge in [-0.3, -0.25) is 4.79 Å². The molecule has 0 saturated heterocycles. The Morgan fingerprint density at radius 1 is 1.43 bits per heavy atom. The molecule has 0 spiro atoms. The van der Waals surface area contributed by atoms with Gasteiger partial charge in [-0.1, -0.05) is 27.2 Å². The number of nitrogens with one attached hydrogen (secondary N) is 1. The van der Waals surface area contributed by atoms with Crippen LogP contribution in [0.3, 0.4) is 0 Å². The van der Waals surface area contributed by atoms with E-state index in [1.807, 2.05) is 20.8 Å². The molecular weight excluding hydrogens is 176 g/mol. The lowest BCUT2D eigenvalue weighted by Gasteiger charge is -2.41. The van der Waals surface area contributed by atoms with Crippen LogP contribution in [0.5, 0.6) is 0 Å². The van der Waals surface area contributed by atoms with Gasteiger partial charge in [0.1, 0.15) is 0 Å². The van der Waals surface area contributed by atoms with Crippen molar-refractivity contribution >= 4 is 5.91 Å². The van der Waals surface area contributed by atoms with Crippen LogP contribution in [0.15, 0.2) is 0 Å². The van der Waals surface area contributed by atoms with Gasteiger partial charge in [-0.2, -0.15) is 0 Å². The molecule has 1 aliphatic carbocycles. The molecule has 1 aliphatic rings. The lowest BCUT2D eigenvalue weighted by atomic mass is 9.68. The van der Waals surface area contributed by atoms with E-state index in [0.717, 1.165) is 19.4 Å². The summed E-state index contributed by atoms with van der Waals surface area (Å²) in [4.78, 5) is 11.6. The molecule has 3 heteroatoms. The molecule has 0 aromatic rings. The number of nitrogens with two attached hydrogens (primary N) is 1. The first kappa shape index (κ1) is 11.5. The Kier molecular flexibility index (Phi) is 3.20. The van der Waals surface area contributed by atoms with E-state index in [9.17, 15) is 4.79 Å². The second-order valence-corrected chi connectivity index (χ2v) is 5.49. The summed E-state index contributed by atoms with van der Waals surface area (Å²) in [7, 11) is 0. The van der Waals surface area contributed by atoms with Crippen molar-refractivity contribution in [1.82, 2.24) is 5.32 Å². The molecule has 1 amide bonds. The van der Waals surface area contributed by atoms with Gasteiger partial charge in [0.25, 0.3) is 0 Å². The van der Waals surface area contributed by atoms with Crippen LogP contribution in [-0.4, -0.2) is 19.0 Å². The van der Waals surface area contributed by atoms with Crippen LogP contribution in [0.1, 0.15) is 40.0 Å². The van der Waals surface area contributed by atoms with Gasteiger partial charge in [-0.15, -0.1) is 0 Å². The zero-order chi connectivity index (χ0) is 10.8. The van der Waals surface area contributed by atoms with Crippen molar-refractivity contribution in [3.05, 3.63) is 0 Å². The molecule has 0 bridgehead atoms. The molecule has 3 nitrogen and oxygen atoms in total. The highest BCUT2D eigenvalue weighted by molar-refractivity contribution is 5.81. The SMILES string of the molecule is CC(C)(C)C(=O)NCC1(CN)CCC1. The first-order valence-corrected chi connectivity index (χ1v) is 5.38. The molecule has 0 aromatic heterocycles. The zero-order valence-corrected chi connectivity index (χ0v) is 9.52. The van der Waals surface area contributed by atoms with Crippen molar-refractivity contribution in [2.45, 2.75) is 40.0 Å². The zero-order valence-electron chi connectivity index (χ0n) is 9.52. The third-order valence-electron chi connectivity index (χ3n) is 3.15. The van der Waals surface area contributed by atoms with Crippen LogP contribution in [0.25, 0.3) is 0 Å². The van der Waals surface area contributed by atoms with Gasteiger partial charge < -0.3 is 11.1 Å². The normalized spacial score (nSPS) is 20.0. The van der Waals surface area contributed by atoms with Gasteiger partial charge in [0.15, 0.2) is 0 Å². The summed E-state index contributed by atoms with van der Waals surface area (Å²) in [5, 5.41) is 3.00. The Labute approximate surface area is 86.4 Å². The van der Waals surface area contributed by atoms with Crippen LogP contribution in [0.2, 0.25) is 0 Å². The molecule has 0 radical (unpaired) electrons. The molecule has 0 heterocycles. The smallest absolute Gasteiger partial charge is 0.225 e. The molecule has 0 atom stereocenters. The van der Waals surface area contributed by atoms with Crippen LogP contribution < -0.4 is 11.1 Å². The van der Waals surface area contributed by atoms with Gasteiger partial charge in [-0.25, -0.2) is 0 Å². The molecule has 0 aromatic carbocycles. The molecule has 82 valence electrons. The van der Waals surface area contributed by atoms with Crippen LogP contribution in [-0.2, 0) is 4.79 Å². The number of rotatable bonds is 3. The lowest BCUT2D eigenvalue weighted by molar-refractivity contribution is -0.129. The van der Waals surface area contributed by atoms with E-state index in [0.29, 0.717) is 6.54 Å². The minimum absolute atomic E-state index is 0.122. The maximum absolute atomic E-state index is 11.6. The van der Waals surface area contributed by atoms with Crippen LogP contribution >= 0.6 is 0 Å². The van der Waals surface area contributed by atoms with E-state index in [1.54, 1.807) is 0 Å². The largest absolute Gasteiger partial charge is 0.355 e. The summed E-state index contributed by atoms with van der Waals surface area (Å²) in [6.45, 7) is 7.23. The fourth-order valence-corrected chi connectivity index (χ4v) is 1.66. The van der Waals surface area contributed by atoms with E-state index in [-0.39, 0.29) is 16.7 Å². The number of hydrogen-bond donors (Lipinski definition) is 2. The fraction of sp³-hybridized carbons (Fsp3) is 0.909. The van der Waals surface area contributed by atoms with Crippen molar-refractivity contribution in [3.63, 3.8) is 0 Å². The topological polar surface area (TPSA) is 55.1 Å². The fourth-order valence-electron chi connectivity index (χ4n) is 1.66. The first-order valence-electron chi connectivity index (χ1n) is 5.38. The summed E-state index contributed by atoms with van der Waals surface area (Å²) in [6.07, 6.45) is 3.57. The average molecular weight is 198 g/mol. The third kappa shape index (κ3) is 2.47. The van der Waals surface area contributed by atoms with Crippen molar-refractivity contribution < 1.29 is 4.79 Å². The minimum Gasteiger partial charge on any atom is -0.355 e. The number of amides is 1. The highest BCUT2D eigenvalue weighted by Gasteiger charge is 2.36. The second kappa shape index (κ2) is 3.89. The van der Waals surface area contributed by atoms with Crippen LogP contribution in [0, 0.1) is 10.8 Å². The number of carbonyl (C=O) groups is 1. The first-order chi connectivity index (χ1) is 6.40. The van der Waals surface area contributed by atoms with E-state index in [4.69, 9.17) is 5.73 Å². The Hall–Kier alpha value is -0.570. The molecule has 1 rings (SSSR count). The predicted octanol–water partition coefficient (Wildman–Crippen LogP) is 1.28.